The number of anilines is 1. The first kappa shape index (κ1) is 24.2. The van der Waals surface area contributed by atoms with Crippen LogP contribution in [-0.2, 0) is 0 Å². The van der Waals surface area contributed by atoms with Crippen LogP contribution in [0.4, 0.5) is 5.69 Å². The van der Waals surface area contributed by atoms with Gasteiger partial charge in [0.15, 0.2) is 5.11 Å². The quantitative estimate of drug-likeness (QED) is 0.196. The zero-order valence-electron chi connectivity index (χ0n) is 14.1. The molecule has 0 heterocycles. The van der Waals surface area contributed by atoms with E-state index in [2.05, 4.69) is 63.7 Å². The van der Waals surface area contributed by atoms with Crippen LogP contribution in [0.15, 0.2) is 49.8 Å². The summed E-state index contributed by atoms with van der Waals surface area (Å²) < 4.78 is 0.743. The van der Waals surface area contributed by atoms with Gasteiger partial charge in [0.05, 0.1) is 5.69 Å². The normalized spacial score (nSPS) is 12.2. The highest BCUT2D eigenvalue weighted by Crippen LogP contribution is 2.31. The Morgan fingerprint density at radius 2 is 1.64 bits per heavy atom. The summed E-state index contributed by atoms with van der Waals surface area (Å²) in [6, 6.07) is 10.6. The number of benzene rings is 2. The molecule has 28 heavy (non-hydrogen) atoms. The number of alkyl halides is 3. The summed E-state index contributed by atoms with van der Waals surface area (Å²) in [5, 5.41) is 8.66. The van der Waals surface area contributed by atoms with E-state index in [0.717, 1.165) is 24.7 Å². The lowest BCUT2D eigenvalue weighted by molar-refractivity contribution is 0.0934. The fourth-order valence-corrected chi connectivity index (χ4v) is 3.97. The first-order valence-corrected chi connectivity index (χ1v) is 11.6. The fourth-order valence-electron chi connectivity index (χ4n) is 2.06. The summed E-state index contributed by atoms with van der Waals surface area (Å²) in [5.41, 5.74) is 2.14. The van der Waals surface area contributed by atoms with Gasteiger partial charge in [-0.2, -0.15) is 0 Å². The third kappa shape index (κ3) is 7.00. The van der Waals surface area contributed by atoms with Crippen molar-refractivity contribution in [3.05, 3.63) is 60.9 Å². The fraction of sp³-hybridized carbons (Fsp3) is 0.176. The molecule has 2 aromatic rings. The molecule has 0 spiro atoms. The Kier molecular flexibility index (Phi) is 8.88. The number of aryl methyl sites for hydroxylation is 1. The van der Waals surface area contributed by atoms with E-state index in [1.54, 1.807) is 24.3 Å². The largest absolute Gasteiger partial charge is 0.339 e. The van der Waals surface area contributed by atoms with Crippen LogP contribution >= 0.6 is 94.8 Å². The van der Waals surface area contributed by atoms with Crippen LogP contribution in [-0.4, -0.2) is 21.0 Å². The molecule has 0 unspecified atom stereocenters. The standard InChI is InChI=1S/C17H13Br3Cl3N3OS/c1-8-6-13(12(20)7-11(8)19)24-16(28)26-15(17(21,22)23)25-14(27)9-2-4-10(18)5-3-9/h2-7,15H,1H3,(H,25,27)(H2,24,26,28)/t15-/m1/s1. The first-order chi connectivity index (χ1) is 13.0. The van der Waals surface area contributed by atoms with Crippen LogP contribution in [0.3, 0.4) is 0 Å². The SMILES string of the molecule is Cc1cc(NC(=S)N[C@@H](NC(=O)c2ccc(Br)cc2)C(Cl)(Cl)Cl)c(Br)cc1Br. The lowest BCUT2D eigenvalue weighted by Crippen LogP contribution is -2.56. The molecule has 1 amide bonds. The van der Waals surface area contributed by atoms with Gasteiger partial charge in [0.2, 0.25) is 3.79 Å². The van der Waals surface area contributed by atoms with Crippen LogP contribution in [0, 0.1) is 6.92 Å². The van der Waals surface area contributed by atoms with E-state index in [1.807, 2.05) is 19.1 Å². The maximum Gasteiger partial charge on any atom is 0.252 e. The van der Waals surface area contributed by atoms with Gasteiger partial charge in [0.1, 0.15) is 6.17 Å². The number of rotatable bonds is 4. The predicted octanol–water partition coefficient (Wildman–Crippen LogP) is 6.70. The lowest BCUT2D eigenvalue weighted by atomic mass is 10.2. The molecule has 4 nitrogen and oxygen atoms in total. The minimum atomic E-state index is -1.84. The van der Waals surface area contributed by atoms with Gasteiger partial charge in [-0.15, -0.1) is 0 Å². The third-order valence-corrected chi connectivity index (χ3v) is 6.39. The average Bonchev–Trinajstić information content (AvgIpc) is 2.58. The second-order valence-corrected chi connectivity index (χ2v) is 11.0. The molecular weight excluding hydrogens is 640 g/mol. The van der Waals surface area contributed by atoms with Crippen molar-refractivity contribution in [1.82, 2.24) is 10.6 Å². The van der Waals surface area contributed by atoms with E-state index in [-0.39, 0.29) is 5.11 Å². The van der Waals surface area contributed by atoms with Crippen LogP contribution < -0.4 is 16.0 Å². The Morgan fingerprint density at radius 3 is 2.21 bits per heavy atom. The van der Waals surface area contributed by atoms with Crippen molar-refractivity contribution in [2.24, 2.45) is 0 Å². The maximum absolute atomic E-state index is 12.5. The summed E-state index contributed by atoms with van der Waals surface area (Å²) >= 11 is 33.6. The van der Waals surface area contributed by atoms with Gasteiger partial charge in [-0.1, -0.05) is 66.7 Å². The molecule has 0 saturated heterocycles. The maximum atomic E-state index is 12.5. The van der Waals surface area contributed by atoms with E-state index >= 15 is 0 Å². The van der Waals surface area contributed by atoms with Crippen molar-refractivity contribution in [1.29, 1.82) is 0 Å². The van der Waals surface area contributed by atoms with Gasteiger partial charge in [0, 0.05) is 19.0 Å². The first-order valence-electron chi connectivity index (χ1n) is 7.63. The zero-order chi connectivity index (χ0) is 21.1. The molecule has 2 rings (SSSR count). The van der Waals surface area contributed by atoms with E-state index in [1.165, 1.54) is 0 Å². The molecule has 0 fully saturated rings. The third-order valence-electron chi connectivity index (χ3n) is 3.48. The summed E-state index contributed by atoms with van der Waals surface area (Å²) in [5.74, 6) is -0.417. The molecule has 0 aliphatic carbocycles. The van der Waals surface area contributed by atoms with Crippen molar-refractivity contribution >= 4 is 112 Å². The molecule has 11 heteroatoms. The van der Waals surface area contributed by atoms with E-state index in [4.69, 9.17) is 47.0 Å². The van der Waals surface area contributed by atoms with Gasteiger partial charge in [-0.05, 0) is 77.0 Å². The van der Waals surface area contributed by atoms with Crippen LogP contribution in [0.25, 0.3) is 0 Å². The number of thiocarbonyl (C=S) groups is 1. The number of carbonyl (C=O) groups excluding carboxylic acids is 1. The van der Waals surface area contributed by atoms with Gasteiger partial charge in [-0.3, -0.25) is 4.79 Å². The van der Waals surface area contributed by atoms with E-state index in [0.29, 0.717) is 5.56 Å². The molecule has 150 valence electrons. The lowest BCUT2D eigenvalue weighted by Gasteiger charge is -2.28. The summed E-state index contributed by atoms with van der Waals surface area (Å²) in [4.78, 5) is 12.5. The number of halogens is 6. The Morgan fingerprint density at radius 1 is 1.04 bits per heavy atom. The monoisotopic (exact) mass is 649 g/mol. The molecule has 0 saturated carbocycles. The molecule has 0 aromatic heterocycles. The Hall–Kier alpha value is -0.0900. The molecular formula is C17H13Br3Cl3N3OS. The van der Waals surface area contributed by atoms with Crippen LogP contribution in [0.2, 0.25) is 0 Å². The molecule has 0 aliphatic rings. The average molecular weight is 653 g/mol. The summed E-state index contributed by atoms with van der Waals surface area (Å²) in [6.07, 6.45) is -1.07. The van der Waals surface area contributed by atoms with Gasteiger partial charge in [0.25, 0.3) is 5.91 Å². The smallest absolute Gasteiger partial charge is 0.252 e. The Balaban J connectivity index is 2.11. The second-order valence-electron chi connectivity index (χ2n) is 5.63. The van der Waals surface area contributed by atoms with Gasteiger partial charge in [-0.25, -0.2) is 0 Å². The number of hydrogen-bond donors (Lipinski definition) is 3. The van der Waals surface area contributed by atoms with Crippen molar-refractivity contribution in [2.75, 3.05) is 5.32 Å². The molecule has 3 N–H and O–H groups in total. The summed E-state index contributed by atoms with van der Waals surface area (Å²) in [6.45, 7) is 1.95. The number of nitrogens with one attached hydrogen (secondary N) is 3. The van der Waals surface area contributed by atoms with Gasteiger partial charge < -0.3 is 16.0 Å². The van der Waals surface area contributed by atoms with Crippen LogP contribution in [0.5, 0.6) is 0 Å². The second kappa shape index (κ2) is 10.3. The molecule has 1 atom stereocenters. The molecule has 2 aromatic carbocycles. The van der Waals surface area contributed by atoms with Crippen molar-refractivity contribution in [3.63, 3.8) is 0 Å². The number of carbonyl (C=O) groups is 1. The highest BCUT2D eigenvalue weighted by atomic mass is 79.9. The molecule has 0 bridgehead atoms. The number of hydrogen-bond acceptors (Lipinski definition) is 2. The van der Waals surface area contributed by atoms with Crippen molar-refractivity contribution in [2.45, 2.75) is 16.9 Å². The van der Waals surface area contributed by atoms with Crippen molar-refractivity contribution in [3.8, 4) is 0 Å². The molecule has 0 aliphatic heterocycles. The predicted molar refractivity (Wildman–Crippen MR) is 132 cm³/mol. The number of amides is 1. The Bertz CT molecular complexity index is 892. The molecule has 0 radical (unpaired) electrons. The topological polar surface area (TPSA) is 53.2 Å². The highest BCUT2D eigenvalue weighted by Gasteiger charge is 2.35. The van der Waals surface area contributed by atoms with Crippen molar-refractivity contribution < 1.29 is 4.79 Å². The van der Waals surface area contributed by atoms with Gasteiger partial charge >= 0.3 is 0 Å². The van der Waals surface area contributed by atoms with E-state index < -0.39 is 15.9 Å². The minimum absolute atomic E-state index is 0.176. The zero-order valence-corrected chi connectivity index (χ0v) is 22.0. The van der Waals surface area contributed by atoms with Crippen LogP contribution in [0.1, 0.15) is 15.9 Å². The van der Waals surface area contributed by atoms with E-state index in [9.17, 15) is 4.79 Å². The highest BCUT2D eigenvalue weighted by molar-refractivity contribution is 9.11. The minimum Gasteiger partial charge on any atom is -0.339 e. The Labute approximate surface area is 208 Å². The summed E-state index contributed by atoms with van der Waals surface area (Å²) in [7, 11) is 0.